The number of hydrogen-bond acceptors (Lipinski definition) is 3. The fourth-order valence-corrected chi connectivity index (χ4v) is 2.83. The third-order valence-electron chi connectivity index (χ3n) is 3.28. The van der Waals surface area contributed by atoms with E-state index in [4.69, 9.17) is 0 Å². The van der Waals surface area contributed by atoms with Gasteiger partial charge in [-0.05, 0) is 23.8 Å². The van der Waals surface area contributed by atoms with Crippen LogP contribution in [0.5, 0.6) is 0 Å². The molecule has 0 bridgehead atoms. The van der Waals surface area contributed by atoms with Crippen LogP contribution in [-0.4, -0.2) is 28.0 Å². The number of carbonyl (C=O) groups excluding carboxylic acids is 1. The van der Waals surface area contributed by atoms with Crippen LogP contribution in [0.3, 0.4) is 0 Å². The molecule has 0 aliphatic heterocycles. The van der Waals surface area contributed by atoms with Crippen molar-refractivity contribution >= 4 is 16.7 Å². The fourth-order valence-electron chi connectivity index (χ4n) is 2.18. The average molecular weight is 335 g/mol. The van der Waals surface area contributed by atoms with Gasteiger partial charge in [-0.2, -0.15) is 0 Å². The Hall–Kier alpha value is -2.05. The van der Waals surface area contributed by atoms with Gasteiger partial charge in [0.05, 0.1) is 6.10 Å². The van der Waals surface area contributed by atoms with E-state index in [9.17, 15) is 18.5 Å². The van der Waals surface area contributed by atoms with E-state index in [0.717, 1.165) is 5.56 Å². The van der Waals surface area contributed by atoms with E-state index >= 15 is 0 Å². The SMILES string of the molecule is CS(=O)Cc1cccc(C(=O)NCC(O)c2ccccc2F)c1. The van der Waals surface area contributed by atoms with Gasteiger partial charge in [0, 0.05) is 40.5 Å². The number of nitrogens with one attached hydrogen (secondary N) is 1. The lowest BCUT2D eigenvalue weighted by molar-refractivity contribution is 0.0914. The van der Waals surface area contributed by atoms with Gasteiger partial charge in [0.15, 0.2) is 0 Å². The second-order valence-electron chi connectivity index (χ2n) is 5.17. The Morgan fingerprint density at radius 3 is 2.70 bits per heavy atom. The van der Waals surface area contributed by atoms with E-state index in [1.807, 2.05) is 0 Å². The maximum Gasteiger partial charge on any atom is 0.251 e. The molecule has 0 aliphatic carbocycles. The summed E-state index contributed by atoms with van der Waals surface area (Å²) in [7, 11) is -0.990. The summed E-state index contributed by atoms with van der Waals surface area (Å²) in [6.07, 6.45) is 0.476. The summed E-state index contributed by atoms with van der Waals surface area (Å²) in [5, 5.41) is 12.5. The summed E-state index contributed by atoms with van der Waals surface area (Å²) in [5.41, 5.74) is 1.35. The second kappa shape index (κ2) is 7.99. The number of rotatable bonds is 6. The van der Waals surface area contributed by atoms with Crippen LogP contribution in [0.2, 0.25) is 0 Å². The molecule has 2 aromatic rings. The van der Waals surface area contributed by atoms with Crippen LogP contribution in [0.25, 0.3) is 0 Å². The molecule has 23 heavy (non-hydrogen) atoms. The maximum atomic E-state index is 13.6. The molecule has 122 valence electrons. The van der Waals surface area contributed by atoms with E-state index in [0.29, 0.717) is 11.3 Å². The van der Waals surface area contributed by atoms with E-state index in [1.54, 1.807) is 36.6 Å². The van der Waals surface area contributed by atoms with Crippen molar-refractivity contribution in [2.45, 2.75) is 11.9 Å². The summed E-state index contributed by atoms with van der Waals surface area (Å²) in [4.78, 5) is 12.1. The van der Waals surface area contributed by atoms with E-state index in [1.165, 1.54) is 18.2 Å². The van der Waals surface area contributed by atoms with Crippen molar-refractivity contribution in [1.29, 1.82) is 0 Å². The Labute approximate surface area is 136 Å². The lowest BCUT2D eigenvalue weighted by Gasteiger charge is -2.13. The molecule has 6 heteroatoms. The van der Waals surface area contributed by atoms with E-state index in [2.05, 4.69) is 5.32 Å². The normalized spacial score (nSPS) is 13.3. The zero-order valence-corrected chi connectivity index (χ0v) is 13.5. The molecule has 2 unspecified atom stereocenters. The van der Waals surface area contributed by atoms with E-state index < -0.39 is 22.7 Å². The number of hydrogen-bond donors (Lipinski definition) is 2. The number of benzene rings is 2. The smallest absolute Gasteiger partial charge is 0.251 e. The lowest BCUT2D eigenvalue weighted by atomic mass is 10.1. The Balaban J connectivity index is 1.99. The topological polar surface area (TPSA) is 66.4 Å². The van der Waals surface area contributed by atoms with Crippen molar-refractivity contribution in [3.63, 3.8) is 0 Å². The van der Waals surface area contributed by atoms with Crippen LogP contribution < -0.4 is 5.32 Å². The summed E-state index contributed by atoms with van der Waals surface area (Å²) < 4.78 is 24.8. The zero-order valence-electron chi connectivity index (χ0n) is 12.7. The van der Waals surface area contributed by atoms with Crippen molar-refractivity contribution in [3.05, 3.63) is 71.0 Å². The number of aliphatic hydroxyl groups excluding tert-OH is 1. The van der Waals surface area contributed by atoms with Crippen LogP contribution in [0.1, 0.15) is 27.6 Å². The highest BCUT2D eigenvalue weighted by molar-refractivity contribution is 7.83. The van der Waals surface area contributed by atoms with Crippen molar-refractivity contribution < 1.29 is 18.5 Å². The number of halogens is 1. The van der Waals surface area contributed by atoms with Gasteiger partial charge >= 0.3 is 0 Å². The second-order valence-corrected chi connectivity index (χ2v) is 6.60. The molecule has 2 N–H and O–H groups in total. The fraction of sp³-hybridized carbons (Fsp3) is 0.235. The molecule has 0 aromatic heterocycles. The number of aliphatic hydroxyl groups is 1. The lowest BCUT2D eigenvalue weighted by Crippen LogP contribution is -2.28. The number of carbonyl (C=O) groups is 1. The summed E-state index contributed by atoms with van der Waals surface area (Å²) in [5.74, 6) is -0.510. The highest BCUT2D eigenvalue weighted by atomic mass is 32.2. The van der Waals surface area contributed by atoms with Crippen molar-refractivity contribution in [2.24, 2.45) is 0 Å². The molecule has 0 radical (unpaired) electrons. The van der Waals surface area contributed by atoms with Crippen LogP contribution >= 0.6 is 0 Å². The highest BCUT2D eigenvalue weighted by Crippen LogP contribution is 2.16. The third kappa shape index (κ3) is 4.97. The maximum absolute atomic E-state index is 13.6. The van der Waals surface area contributed by atoms with Gasteiger partial charge in [-0.3, -0.25) is 9.00 Å². The van der Waals surface area contributed by atoms with Crippen LogP contribution in [0, 0.1) is 5.82 Å². The molecule has 0 fully saturated rings. The van der Waals surface area contributed by atoms with Gasteiger partial charge in [-0.1, -0.05) is 30.3 Å². The molecule has 4 nitrogen and oxygen atoms in total. The van der Waals surface area contributed by atoms with Crippen LogP contribution in [0.15, 0.2) is 48.5 Å². The molecule has 2 rings (SSSR count). The molecule has 1 amide bonds. The van der Waals surface area contributed by atoms with Crippen molar-refractivity contribution in [3.8, 4) is 0 Å². The summed E-state index contributed by atoms with van der Waals surface area (Å²) in [6, 6.07) is 12.7. The van der Waals surface area contributed by atoms with Gasteiger partial charge in [0.2, 0.25) is 0 Å². The molecule has 2 atom stereocenters. The Morgan fingerprint density at radius 1 is 1.26 bits per heavy atom. The molecule has 0 saturated heterocycles. The van der Waals surface area contributed by atoms with Crippen molar-refractivity contribution in [1.82, 2.24) is 5.32 Å². The molecule has 0 aliphatic rings. The van der Waals surface area contributed by atoms with Crippen LogP contribution in [-0.2, 0) is 16.6 Å². The Bertz CT molecular complexity index is 720. The molecule has 0 heterocycles. The largest absolute Gasteiger partial charge is 0.386 e. The first kappa shape index (κ1) is 17.3. The predicted octanol–water partition coefficient (Wildman–Crippen LogP) is 2.17. The van der Waals surface area contributed by atoms with Gasteiger partial charge in [0.25, 0.3) is 5.91 Å². The monoisotopic (exact) mass is 335 g/mol. The van der Waals surface area contributed by atoms with Gasteiger partial charge in [-0.25, -0.2) is 4.39 Å². The standard InChI is InChI=1S/C17H18FNO3S/c1-23(22)11-12-5-4-6-13(9-12)17(21)19-10-16(20)14-7-2-3-8-15(14)18/h2-9,16,20H,10-11H2,1H3,(H,19,21). The van der Waals surface area contributed by atoms with E-state index in [-0.39, 0.29) is 18.0 Å². The number of amides is 1. The third-order valence-corrected chi connectivity index (χ3v) is 4.02. The molecule has 2 aromatic carbocycles. The molecule has 0 spiro atoms. The van der Waals surface area contributed by atoms with Gasteiger partial charge < -0.3 is 10.4 Å². The first-order valence-electron chi connectivity index (χ1n) is 7.07. The van der Waals surface area contributed by atoms with Gasteiger partial charge in [-0.15, -0.1) is 0 Å². The minimum Gasteiger partial charge on any atom is -0.386 e. The predicted molar refractivity (Wildman–Crippen MR) is 87.9 cm³/mol. The quantitative estimate of drug-likeness (QED) is 0.850. The van der Waals surface area contributed by atoms with Gasteiger partial charge in [0.1, 0.15) is 5.82 Å². The highest BCUT2D eigenvalue weighted by Gasteiger charge is 2.14. The van der Waals surface area contributed by atoms with Crippen LogP contribution in [0.4, 0.5) is 4.39 Å². The summed E-state index contributed by atoms with van der Waals surface area (Å²) in [6.45, 7) is -0.0935. The first-order chi connectivity index (χ1) is 11.0. The zero-order chi connectivity index (χ0) is 16.8. The molecular weight excluding hydrogens is 317 g/mol. The van der Waals surface area contributed by atoms with Crippen molar-refractivity contribution in [2.75, 3.05) is 12.8 Å². The molecular formula is C17H18FNO3S. The minimum absolute atomic E-state index is 0.0935. The minimum atomic E-state index is -1.12. The Morgan fingerprint density at radius 2 is 2.00 bits per heavy atom. The molecule has 0 saturated carbocycles. The summed E-state index contributed by atoms with van der Waals surface area (Å²) >= 11 is 0. The first-order valence-corrected chi connectivity index (χ1v) is 8.79. The average Bonchev–Trinajstić information content (AvgIpc) is 2.52. The Kier molecular flexibility index (Phi) is 6.01.